The van der Waals surface area contributed by atoms with Crippen molar-refractivity contribution >= 4 is 23.4 Å². The van der Waals surface area contributed by atoms with Crippen LogP contribution in [0.4, 0.5) is 22.1 Å². The second kappa shape index (κ2) is 10.4. The number of ether oxygens (including phenoxy) is 3. The zero-order valence-electron chi connectivity index (χ0n) is 20.5. The highest BCUT2D eigenvalue weighted by molar-refractivity contribution is 5.89. The molecule has 0 spiro atoms. The summed E-state index contributed by atoms with van der Waals surface area (Å²) in [6.45, 7) is 0.793. The minimum Gasteiger partial charge on any atom is -0.497 e. The van der Waals surface area contributed by atoms with Gasteiger partial charge in [0.2, 0.25) is 5.95 Å². The van der Waals surface area contributed by atoms with Gasteiger partial charge in [0.15, 0.2) is 0 Å². The number of fused-ring (bicyclic) bond motifs is 1. The van der Waals surface area contributed by atoms with Crippen LogP contribution in [0.5, 0.6) is 5.75 Å². The first-order chi connectivity index (χ1) is 17.5. The number of hydrogen-bond donors (Lipinski definition) is 3. The van der Waals surface area contributed by atoms with E-state index in [-0.39, 0.29) is 30.3 Å². The van der Waals surface area contributed by atoms with Crippen molar-refractivity contribution < 1.29 is 19.0 Å². The Labute approximate surface area is 210 Å². The van der Waals surface area contributed by atoms with E-state index in [9.17, 15) is 4.79 Å². The second-order valence-electron chi connectivity index (χ2n) is 8.99. The molecule has 2 fully saturated rings. The fraction of sp³-hybridized carbons (Fsp3) is 0.346. The summed E-state index contributed by atoms with van der Waals surface area (Å²) in [5.74, 6) is 1.23. The third-order valence-corrected chi connectivity index (χ3v) is 6.37. The smallest absolute Gasteiger partial charge is 0.319 e. The Morgan fingerprint density at radius 3 is 2.36 bits per heavy atom. The van der Waals surface area contributed by atoms with Crippen LogP contribution in [0.15, 0.2) is 60.8 Å². The Balaban J connectivity index is 1.18. The van der Waals surface area contributed by atoms with Crippen LogP contribution in [0, 0.1) is 0 Å². The van der Waals surface area contributed by atoms with Gasteiger partial charge in [-0.15, -0.1) is 0 Å². The van der Waals surface area contributed by atoms with Gasteiger partial charge in [-0.05, 0) is 42.5 Å². The normalized spacial score (nSPS) is 22.5. The molecular weight excluding hydrogens is 460 g/mol. The van der Waals surface area contributed by atoms with Gasteiger partial charge in [0.05, 0.1) is 38.1 Å². The molecule has 2 aromatic carbocycles. The highest BCUT2D eigenvalue weighted by Gasteiger charge is 2.48. The Kier molecular flexibility index (Phi) is 6.88. The maximum atomic E-state index is 12.5. The van der Waals surface area contributed by atoms with E-state index in [2.05, 4.69) is 43.0 Å². The summed E-state index contributed by atoms with van der Waals surface area (Å²) in [5.41, 5.74) is 3.63. The average Bonchev–Trinajstić information content (AvgIpc) is 3.48. The van der Waals surface area contributed by atoms with Crippen LogP contribution in [-0.2, 0) is 9.47 Å². The molecule has 0 unspecified atom stereocenters. The molecule has 1 aromatic heterocycles. The molecule has 10 heteroatoms. The van der Waals surface area contributed by atoms with Crippen LogP contribution in [-0.4, -0.2) is 74.7 Å². The van der Waals surface area contributed by atoms with Crippen molar-refractivity contribution in [2.45, 2.75) is 24.3 Å². The Morgan fingerprint density at radius 2 is 1.67 bits per heavy atom. The van der Waals surface area contributed by atoms with Crippen LogP contribution >= 0.6 is 0 Å². The van der Waals surface area contributed by atoms with Gasteiger partial charge in [0, 0.05) is 37.2 Å². The Hall–Kier alpha value is -3.89. The van der Waals surface area contributed by atoms with E-state index in [0.717, 1.165) is 22.7 Å². The average molecular weight is 491 g/mol. The molecule has 3 aromatic rings. The fourth-order valence-electron chi connectivity index (χ4n) is 4.44. The van der Waals surface area contributed by atoms with E-state index in [1.54, 1.807) is 37.6 Å². The zero-order valence-corrected chi connectivity index (χ0v) is 20.5. The summed E-state index contributed by atoms with van der Waals surface area (Å²) < 4.78 is 17.1. The summed E-state index contributed by atoms with van der Waals surface area (Å²) >= 11 is 0. The molecule has 0 bridgehead atoms. The minimum atomic E-state index is -0.314. The number of aromatic nitrogens is 2. The number of anilines is 3. The number of rotatable bonds is 7. The molecule has 2 saturated heterocycles. The van der Waals surface area contributed by atoms with Gasteiger partial charge in [0.25, 0.3) is 0 Å². The van der Waals surface area contributed by atoms with Gasteiger partial charge in [-0.25, -0.2) is 14.8 Å². The molecule has 2 amide bonds. The molecule has 3 N–H and O–H groups in total. The molecule has 0 aliphatic carbocycles. The molecule has 3 heterocycles. The van der Waals surface area contributed by atoms with Crippen LogP contribution in [0.1, 0.15) is 0 Å². The van der Waals surface area contributed by atoms with E-state index in [1.165, 1.54) is 0 Å². The van der Waals surface area contributed by atoms with Gasteiger partial charge in [-0.2, -0.15) is 0 Å². The number of nitrogens with zero attached hydrogens (tertiary/aromatic N) is 3. The van der Waals surface area contributed by atoms with Gasteiger partial charge >= 0.3 is 6.03 Å². The summed E-state index contributed by atoms with van der Waals surface area (Å²) in [6, 6.07) is 16.5. The highest BCUT2D eigenvalue weighted by Crippen LogP contribution is 2.29. The molecule has 5 rings (SSSR count). The maximum absolute atomic E-state index is 12.5. The number of methoxy groups -OCH3 is 1. The van der Waals surface area contributed by atoms with Crippen molar-refractivity contribution in [3.8, 4) is 17.0 Å². The van der Waals surface area contributed by atoms with Crippen molar-refractivity contribution in [1.82, 2.24) is 15.3 Å². The van der Waals surface area contributed by atoms with Gasteiger partial charge in [-0.1, -0.05) is 12.1 Å². The third-order valence-electron chi connectivity index (χ3n) is 6.37. The lowest BCUT2D eigenvalue weighted by Crippen LogP contribution is -2.46. The number of nitrogens with one attached hydrogen (secondary N) is 3. The Morgan fingerprint density at radius 1 is 0.972 bits per heavy atom. The molecule has 0 radical (unpaired) electrons. The zero-order chi connectivity index (χ0) is 25.1. The maximum Gasteiger partial charge on any atom is 0.319 e. The molecule has 36 heavy (non-hydrogen) atoms. The summed E-state index contributed by atoms with van der Waals surface area (Å²) in [4.78, 5) is 23.6. The van der Waals surface area contributed by atoms with Crippen LogP contribution in [0.3, 0.4) is 0 Å². The van der Waals surface area contributed by atoms with E-state index in [0.29, 0.717) is 24.8 Å². The van der Waals surface area contributed by atoms with Crippen LogP contribution < -0.4 is 25.6 Å². The molecule has 0 saturated carbocycles. The van der Waals surface area contributed by atoms with Crippen molar-refractivity contribution in [1.29, 1.82) is 0 Å². The molecule has 10 nitrogen and oxygen atoms in total. The van der Waals surface area contributed by atoms with E-state index in [1.807, 2.05) is 32.3 Å². The fourth-order valence-corrected chi connectivity index (χ4v) is 4.44. The molecule has 2 aliphatic heterocycles. The monoisotopic (exact) mass is 490 g/mol. The van der Waals surface area contributed by atoms with Gasteiger partial charge < -0.3 is 35.1 Å². The molecular formula is C26H30N6O4. The number of carbonyl (C=O) groups is 1. The molecule has 188 valence electrons. The first-order valence-corrected chi connectivity index (χ1v) is 11.8. The SMILES string of the molecule is COc1ccc(NC(=O)N[C@H]2CO[C@H]3[C@H]2OC[C@H]3Nc2nccc(-c3ccc(N(C)C)cc3)n2)cc1. The molecule has 4 atom stereocenters. The molecule has 2 aliphatic rings. The van der Waals surface area contributed by atoms with Crippen molar-refractivity contribution in [2.75, 3.05) is 50.0 Å². The summed E-state index contributed by atoms with van der Waals surface area (Å²) in [5, 5.41) is 9.14. The summed E-state index contributed by atoms with van der Waals surface area (Å²) in [7, 11) is 5.62. The van der Waals surface area contributed by atoms with E-state index in [4.69, 9.17) is 14.2 Å². The number of benzene rings is 2. The van der Waals surface area contributed by atoms with Crippen LogP contribution in [0.2, 0.25) is 0 Å². The van der Waals surface area contributed by atoms with E-state index >= 15 is 0 Å². The first-order valence-electron chi connectivity index (χ1n) is 11.8. The topological polar surface area (TPSA) is 110 Å². The van der Waals surface area contributed by atoms with Gasteiger partial charge in [0.1, 0.15) is 18.0 Å². The Bertz CT molecular complexity index is 1190. The number of carbonyl (C=O) groups excluding carboxylic acids is 1. The van der Waals surface area contributed by atoms with Gasteiger partial charge in [-0.3, -0.25) is 0 Å². The third kappa shape index (κ3) is 5.19. The quantitative estimate of drug-likeness (QED) is 0.464. The van der Waals surface area contributed by atoms with E-state index < -0.39 is 0 Å². The predicted molar refractivity (Wildman–Crippen MR) is 138 cm³/mol. The lowest BCUT2D eigenvalue weighted by atomic mass is 10.1. The largest absolute Gasteiger partial charge is 0.497 e. The highest BCUT2D eigenvalue weighted by atomic mass is 16.6. The lowest BCUT2D eigenvalue weighted by molar-refractivity contribution is 0.0683. The second-order valence-corrected chi connectivity index (χ2v) is 8.99. The standard InChI is InChI=1S/C26H30N6O4/c1-32(2)18-8-4-16(5-9-18)20-12-13-27-25(29-20)30-21-14-35-24-22(15-36-23(21)24)31-26(33)28-17-6-10-19(34-3)11-7-17/h4-13,21-24H,14-15H2,1-3H3,(H,27,29,30)(H2,28,31,33)/t21-,22+,23-,24+/m1/s1. The van der Waals surface area contributed by atoms with Crippen molar-refractivity contribution in [2.24, 2.45) is 0 Å². The van der Waals surface area contributed by atoms with Crippen molar-refractivity contribution in [3.63, 3.8) is 0 Å². The van der Waals surface area contributed by atoms with Crippen molar-refractivity contribution in [3.05, 3.63) is 60.8 Å². The van der Waals surface area contributed by atoms with Crippen LogP contribution in [0.25, 0.3) is 11.3 Å². The number of amides is 2. The number of urea groups is 1. The first kappa shape index (κ1) is 23.8. The number of hydrogen-bond acceptors (Lipinski definition) is 8. The minimum absolute atomic E-state index is 0.127. The predicted octanol–water partition coefficient (Wildman–Crippen LogP) is 2.99. The lowest BCUT2D eigenvalue weighted by Gasteiger charge is -2.19. The summed E-state index contributed by atoms with van der Waals surface area (Å²) in [6.07, 6.45) is 1.26.